The van der Waals surface area contributed by atoms with Gasteiger partial charge < -0.3 is 5.11 Å². The minimum absolute atomic E-state index is 0.0314. The molecule has 0 radical (unpaired) electrons. The molecular weight excluding hydrogens is 300 g/mol. The number of carboxylic acids is 1. The van der Waals surface area contributed by atoms with Crippen molar-refractivity contribution in [2.45, 2.75) is 81.5 Å². The van der Waals surface area contributed by atoms with Crippen molar-refractivity contribution in [3.05, 3.63) is 0 Å². The number of amides is 1. The fourth-order valence-electron chi connectivity index (χ4n) is 3.73. The zero-order valence-electron chi connectivity index (χ0n) is 12.9. The second-order valence-electron chi connectivity index (χ2n) is 6.55. The van der Waals surface area contributed by atoms with Crippen LogP contribution in [0.2, 0.25) is 0 Å². The average molecular weight is 324 g/mol. The Balaban J connectivity index is 1.79. The molecule has 1 heterocycles. The molecular formula is C16H24N2O3S. The molecule has 2 aliphatic carbocycles. The van der Waals surface area contributed by atoms with Crippen LogP contribution >= 0.6 is 11.8 Å². The van der Waals surface area contributed by atoms with Gasteiger partial charge in [0.25, 0.3) is 0 Å². The highest BCUT2D eigenvalue weighted by atomic mass is 32.2. The SMILES string of the molecule is O=C(O)CC1SC(=NC2CCCC2)N(C2CCCCC2)C1=O. The molecule has 0 aromatic rings. The van der Waals surface area contributed by atoms with Crippen LogP contribution < -0.4 is 0 Å². The van der Waals surface area contributed by atoms with Gasteiger partial charge in [0.1, 0.15) is 5.25 Å². The van der Waals surface area contributed by atoms with Crippen LogP contribution in [0.25, 0.3) is 0 Å². The Kier molecular flexibility index (Phi) is 5.06. The van der Waals surface area contributed by atoms with Crippen molar-refractivity contribution in [1.82, 2.24) is 4.90 Å². The molecule has 1 aliphatic heterocycles. The number of carboxylic acid groups (broad SMARTS) is 1. The van der Waals surface area contributed by atoms with Crippen molar-refractivity contribution in [3.63, 3.8) is 0 Å². The average Bonchev–Trinajstić information content (AvgIpc) is 3.09. The summed E-state index contributed by atoms with van der Waals surface area (Å²) in [4.78, 5) is 30.4. The normalized spacial score (nSPS) is 29.6. The summed E-state index contributed by atoms with van der Waals surface area (Å²) in [6.45, 7) is 0. The van der Waals surface area contributed by atoms with Crippen molar-refractivity contribution in [2.24, 2.45) is 4.99 Å². The number of carbonyl (C=O) groups is 2. The van der Waals surface area contributed by atoms with Crippen LogP contribution in [0.15, 0.2) is 4.99 Å². The summed E-state index contributed by atoms with van der Waals surface area (Å²) in [7, 11) is 0. The quantitative estimate of drug-likeness (QED) is 0.863. The highest BCUT2D eigenvalue weighted by Crippen LogP contribution is 2.36. The number of aliphatic imine (C=N–C) groups is 1. The fraction of sp³-hybridized carbons (Fsp3) is 0.812. The highest BCUT2D eigenvalue weighted by Gasteiger charge is 2.43. The predicted octanol–water partition coefficient (Wildman–Crippen LogP) is 3.04. The Bertz CT molecular complexity index is 468. The summed E-state index contributed by atoms with van der Waals surface area (Å²) in [6.07, 6.45) is 10.1. The lowest BCUT2D eigenvalue weighted by Crippen LogP contribution is -2.42. The maximum Gasteiger partial charge on any atom is 0.305 e. The maximum atomic E-state index is 12.7. The lowest BCUT2D eigenvalue weighted by atomic mass is 9.94. The van der Waals surface area contributed by atoms with Crippen LogP contribution in [0.1, 0.15) is 64.2 Å². The molecule has 3 rings (SSSR count). The number of amidine groups is 1. The Morgan fingerprint density at radius 2 is 1.77 bits per heavy atom. The van der Waals surface area contributed by atoms with Gasteiger partial charge in [-0.2, -0.15) is 0 Å². The summed E-state index contributed by atoms with van der Waals surface area (Å²) in [5.41, 5.74) is 0. The smallest absolute Gasteiger partial charge is 0.305 e. The second kappa shape index (κ2) is 7.02. The van der Waals surface area contributed by atoms with Gasteiger partial charge in [-0.15, -0.1) is 0 Å². The molecule has 6 heteroatoms. The molecule has 0 spiro atoms. The lowest BCUT2D eigenvalue weighted by Gasteiger charge is -2.31. The zero-order valence-corrected chi connectivity index (χ0v) is 13.7. The molecule has 3 aliphatic rings. The van der Waals surface area contributed by atoms with Crippen LogP contribution in [0.3, 0.4) is 0 Å². The van der Waals surface area contributed by atoms with Gasteiger partial charge in [-0.1, -0.05) is 43.9 Å². The monoisotopic (exact) mass is 324 g/mol. The maximum absolute atomic E-state index is 12.7. The molecule has 1 N–H and O–H groups in total. The van der Waals surface area contributed by atoms with Gasteiger partial charge in [-0.25, -0.2) is 0 Å². The molecule has 2 saturated carbocycles. The van der Waals surface area contributed by atoms with E-state index in [1.807, 2.05) is 4.90 Å². The van der Waals surface area contributed by atoms with Crippen molar-refractivity contribution in [1.29, 1.82) is 0 Å². The van der Waals surface area contributed by atoms with Crippen LogP contribution in [0.5, 0.6) is 0 Å². The van der Waals surface area contributed by atoms with E-state index in [9.17, 15) is 9.59 Å². The minimum Gasteiger partial charge on any atom is -0.481 e. The van der Waals surface area contributed by atoms with E-state index in [2.05, 4.69) is 0 Å². The largest absolute Gasteiger partial charge is 0.481 e. The van der Waals surface area contributed by atoms with E-state index < -0.39 is 11.2 Å². The number of hydrogen-bond donors (Lipinski definition) is 1. The fourth-order valence-corrected chi connectivity index (χ4v) is 4.99. The number of thioether (sulfide) groups is 1. The van der Waals surface area contributed by atoms with Gasteiger partial charge in [0.05, 0.1) is 12.5 Å². The molecule has 0 aromatic carbocycles. The molecule has 0 bridgehead atoms. The summed E-state index contributed by atoms with van der Waals surface area (Å²) < 4.78 is 0. The number of rotatable bonds is 4. The summed E-state index contributed by atoms with van der Waals surface area (Å²) >= 11 is 1.38. The topological polar surface area (TPSA) is 70.0 Å². The molecule has 5 nitrogen and oxygen atoms in total. The van der Waals surface area contributed by atoms with Crippen LogP contribution in [-0.2, 0) is 9.59 Å². The Labute approximate surface area is 135 Å². The van der Waals surface area contributed by atoms with Gasteiger partial charge in [0.15, 0.2) is 5.17 Å². The van der Waals surface area contributed by atoms with E-state index in [4.69, 9.17) is 10.1 Å². The van der Waals surface area contributed by atoms with Crippen LogP contribution in [0, 0.1) is 0 Å². The van der Waals surface area contributed by atoms with Crippen molar-refractivity contribution < 1.29 is 14.7 Å². The van der Waals surface area contributed by atoms with Gasteiger partial charge in [0, 0.05) is 6.04 Å². The minimum atomic E-state index is -0.906. The number of hydrogen-bond acceptors (Lipinski definition) is 4. The van der Waals surface area contributed by atoms with E-state index in [0.29, 0.717) is 6.04 Å². The third kappa shape index (κ3) is 3.47. The molecule has 1 atom stereocenters. The molecule has 3 fully saturated rings. The van der Waals surface area contributed by atoms with E-state index in [1.54, 1.807) is 0 Å². The van der Waals surface area contributed by atoms with Crippen molar-refractivity contribution in [2.75, 3.05) is 0 Å². The first-order valence-electron chi connectivity index (χ1n) is 8.44. The molecule has 122 valence electrons. The van der Waals surface area contributed by atoms with Crippen LogP contribution in [0.4, 0.5) is 0 Å². The molecule has 1 saturated heterocycles. The molecule has 1 unspecified atom stereocenters. The summed E-state index contributed by atoms with van der Waals surface area (Å²) in [5, 5.41) is 9.35. The second-order valence-corrected chi connectivity index (χ2v) is 7.72. The number of nitrogens with zero attached hydrogens (tertiary/aromatic N) is 2. The third-order valence-corrected chi connectivity index (χ3v) is 6.05. The molecule has 0 aromatic heterocycles. The first-order chi connectivity index (χ1) is 10.6. The van der Waals surface area contributed by atoms with Crippen molar-refractivity contribution in [3.8, 4) is 0 Å². The Hall–Kier alpha value is -1.04. The van der Waals surface area contributed by atoms with Gasteiger partial charge >= 0.3 is 5.97 Å². The zero-order chi connectivity index (χ0) is 15.5. The number of carbonyl (C=O) groups excluding carboxylic acids is 1. The van der Waals surface area contributed by atoms with E-state index in [0.717, 1.165) is 43.7 Å². The predicted molar refractivity (Wildman–Crippen MR) is 87.0 cm³/mol. The summed E-state index contributed by atoms with van der Waals surface area (Å²) in [5.74, 6) is -0.937. The Morgan fingerprint density at radius 1 is 1.14 bits per heavy atom. The molecule has 22 heavy (non-hydrogen) atoms. The van der Waals surface area contributed by atoms with Gasteiger partial charge in [0.2, 0.25) is 5.91 Å². The van der Waals surface area contributed by atoms with E-state index >= 15 is 0 Å². The standard InChI is InChI=1S/C16H24N2O3S/c19-14(20)10-13-15(21)18(12-8-2-1-3-9-12)16(22-13)17-11-6-4-5-7-11/h11-13H,1-10H2,(H,19,20). The van der Waals surface area contributed by atoms with E-state index in [-0.39, 0.29) is 18.4 Å². The van der Waals surface area contributed by atoms with Crippen LogP contribution in [-0.4, -0.2) is 44.4 Å². The molecule has 1 amide bonds. The third-order valence-electron chi connectivity index (χ3n) is 4.88. The highest BCUT2D eigenvalue weighted by molar-refractivity contribution is 8.15. The summed E-state index contributed by atoms with van der Waals surface area (Å²) in [6, 6.07) is 0.553. The van der Waals surface area contributed by atoms with E-state index in [1.165, 1.54) is 31.0 Å². The lowest BCUT2D eigenvalue weighted by molar-refractivity contribution is -0.139. The first-order valence-corrected chi connectivity index (χ1v) is 9.32. The number of aliphatic carboxylic acids is 1. The first kappa shape index (κ1) is 15.8. The Morgan fingerprint density at radius 3 is 2.41 bits per heavy atom. The van der Waals surface area contributed by atoms with Gasteiger partial charge in [-0.05, 0) is 25.7 Å². The van der Waals surface area contributed by atoms with Gasteiger partial charge in [-0.3, -0.25) is 19.5 Å². The van der Waals surface area contributed by atoms with Crippen molar-refractivity contribution >= 4 is 28.8 Å².